The molecule has 5 nitrogen and oxygen atoms in total. The number of halogens is 1. The molecule has 0 amide bonds. The van der Waals surface area contributed by atoms with Crippen molar-refractivity contribution in [1.82, 2.24) is 14.9 Å². The Kier molecular flexibility index (Phi) is 3.73. The van der Waals surface area contributed by atoms with Crippen LogP contribution in [-0.2, 0) is 6.54 Å². The molecule has 1 aliphatic rings. The van der Waals surface area contributed by atoms with Crippen LogP contribution in [0.4, 0.5) is 4.39 Å². The van der Waals surface area contributed by atoms with Gasteiger partial charge in [0.15, 0.2) is 0 Å². The lowest BCUT2D eigenvalue weighted by Crippen LogP contribution is -2.37. The van der Waals surface area contributed by atoms with E-state index in [-0.39, 0.29) is 0 Å². The summed E-state index contributed by atoms with van der Waals surface area (Å²) in [6, 6.07) is 0.380. The number of nitrogens with one attached hydrogen (secondary N) is 2. The number of hydrogen-bond donors (Lipinski definition) is 2. The van der Waals surface area contributed by atoms with Gasteiger partial charge in [-0.3, -0.25) is 14.3 Å². The smallest absolute Gasteiger partial charge is 0.314 e. The van der Waals surface area contributed by atoms with E-state index in [1.807, 2.05) is 4.98 Å². The van der Waals surface area contributed by atoms with Crippen LogP contribution in [-0.4, -0.2) is 22.1 Å². The number of nitrogens with zero attached hydrogens (tertiary/aromatic N) is 1. The van der Waals surface area contributed by atoms with Crippen molar-refractivity contribution in [2.24, 2.45) is 0 Å². The first-order valence-corrected chi connectivity index (χ1v) is 5.89. The van der Waals surface area contributed by atoms with Gasteiger partial charge in [0.05, 0.1) is 6.20 Å². The second-order valence-corrected chi connectivity index (χ2v) is 4.37. The van der Waals surface area contributed by atoms with Gasteiger partial charge in [0.25, 0.3) is 5.56 Å². The predicted molar refractivity (Wildman–Crippen MR) is 61.5 cm³/mol. The van der Waals surface area contributed by atoms with E-state index in [0.717, 1.165) is 25.6 Å². The Morgan fingerprint density at radius 2 is 2.24 bits per heavy atom. The van der Waals surface area contributed by atoms with Crippen LogP contribution in [0, 0.1) is 5.82 Å². The largest absolute Gasteiger partial charge is 0.328 e. The summed E-state index contributed by atoms with van der Waals surface area (Å²) in [7, 11) is 0. The van der Waals surface area contributed by atoms with Gasteiger partial charge in [-0.05, 0) is 25.8 Å². The van der Waals surface area contributed by atoms with E-state index in [1.54, 1.807) is 0 Å². The maximum absolute atomic E-state index is 13.0. The molecule has 1 saturated heterocycles. The van der Waals surface area contributed by atoms with E-state index in [4.69, 9.17) is 0 Å². The third-order valence-electron chi connectivity index (χ3n) is 3.10. The fraction of sp³-hybridized carbons (Fsp3) is 0.636. The summed E-state index contributed by atoms with van der Waals surface area (Å²) in [4.78, 5) is 24.2. The number of H-pyrrole nitrogens is 1. The lowest BCUT2D eigenvalue weighted by molar-refractivity contribution is 0.362. The molecule has 1 fully saturated rings. The Bertz CT molecular complexity index is 488. The summed E-state index contributed by atoms with van der Waals surface area (Å²) >= 11 is 0. The Balaban J connectivity index is 2.01. The number of aryl methyl sites for hydroxylation is 1. The zero-order valence-corrected chi connectivity index (χ0v) is 9.54. The van der Waals surface area contributed by atoms with Gasteiger partial charge in [-0.15, -0.1) is 0 Å². The van der Waals surface area contributed by atoms with Crippen LogP contribution in [0.15, 0.2) is 15.8 Å². The van der Waals surface area contributed by atoms with Crippen LogP contribution >= 0.6 is 0 Å². The zero-order chi connectivity index (χ0) is 12.3. The van der Waals surface area contributed by atoms with Crippen molar-refractivity contribution in [3.05, 3.63) is 32.9 Å². The average molecular weight is 241 g/mol. The van der Waals surface area contributed by atoms with Gasteiger partial charge in [0, 0.05) is 12.6 Å². The van der Waals surface area contributed by atoms with E-state index in [2.05, 4.69) is 5.32 Å². The van der Waals surface area contributed by atoms with Crippen LogP contribution in [0.2, 0.25) is 0 Å². The predicted octanol–water partition coefficient (Wildman–Crippen LogP) is 0.208. The average Bonchev–Trinajstić information content (AvgIpc) is 2.33. The zero-order valence-electron chi connectivity index (χ0n) is 9.54. The van der Waals surface area contributed by atoms with Gasteiger partial charge in [0.2, 0.25) is 5.82 Å². The first-order chi connectivity index (χ1) is 8.16. The lowest BCUT2D eigenvalue weighted by atomic mass is 10.0. The second kappa shape index (κ2) is 5.27. The molecule has 2 rings (SSSR count). The van der Waals surface area contributed by atoms with E-state index >= 15 is 0 Å². The third-order valence-corrected chi connectivity index (χ3v) is 3.10. The fourth-order valence-electron chi connectivity index (χ4n) is 2.11. The molecule has 2 N–H and O–H groups in total. The number of piperidine rings is 1. The Morgan fingerprint density at radius 1 is 1.41 bits per heavy atom. The van der Waals surface area contributed by atoms with Crippen LogP contribution in [0.25, 0.3) is 0 Å². The van der Waals surface area contributed by atoms with Crippen LogP contribution in [0.1, 0.15) is 25.7 Å². The summed E-state index contributed by atoms with van der Waals surface area (Å²) in [5, 5.41) is 3.35. The highest BCUT2D eigenvalue weighted by Gasteiger charge is 2.13. The van der Waals surface area contributed by atoms with Gasteiger partial charge < -0.3 is 5.32 Å². The molecule has 1 aromatic heterocycles. The Hall–Kier alpha value is -1.43. The van der Waals surface area contributed by atoms with E-state index in [9.17, 15) is 14.0 Å². The summed E-state index contributed by atoms with van der Waals surface area (Å²) < 4.78 is 14.2. The van der Waals surface area contributed by atoms with Crippen LogP contribution < -0.4 is 16.6 Å². The SMILES string of the molecule is O=c1[nH]c(=O)n(CCC2CCCCN2)cc1F. The highest BCUT2D eigenvalue weighted by atomic mass is 19.1. The maximum atomic E-state index is 13.0. The molecule has 17 heavy (non-hydrogen) atoms. The summed E-state index contributed by atoms with van der Waals surface area (Å²) in [6.45, 7) is 1.42. The number of aromatic nitrogens is 2. The molecule has 1 aromatic rings. The van der Waals surface area contributed by atoms with E-state index in [1.165, 1.54) is 17.4 Å². The molecule has 0 saturated carbocycles. The lowest BCUT2D eigenvalue weighted by Gasteiger charge is -2.23. The molecule has 0 bridgehead atoms. The molecule has 0 radical (unpaired) electrons. The van der Waals surface area contributed by atoms with Crippen molar-refractivity contribution in [3.8, 4) is 0 Å². The third kappa shape index (κ3) is 3.03. The monoisotopic (exact) mass is 241 g/mol. The van der Waals surface area contributed by atoms with Crippen LogP contribution in [0.5, 0.6) is 0 Å². The van der Waals surface area contributed by atoms with Crippen molar-refractivity contribution < 1.29 is 4.39 Å². The molecule has 1 aliphatic heterocycles. The van der Waals surface area contributed by atoms with Gasteiger partial charge >= 0.3 is 5.69 Å². The van der Waals surface area contributed by atoms with Gasteiger partial charge in [-0.25, -0.2) is 4.79 Å². The Labute approximate surface area is 97.7 Å². The molecular weight excluding hydrogens is 225 g/mol. The minimum atomic E-state index is -0.956. The molecule has 1 unspecified atom stereocenters. The van der Waals surface area contributed by atoms with Gasteiger partial charge in [-0.1, -0.05) is 6.42 Å². The van der Waals surface area contributed by atoms with E-state index < -0.39 is 17.1 Å². The summed E-state index contributed by atoms with van der Waals surface area (Å²) in [6.07, 6.45) is 5.20. The number of hydrogen-bond acceptors (Lipinski definition) is 3. The summed E-state index contributed by atoms with van der Waals surface area (Å²) in [5.74, 6) is -0.916. The van der Waals surface area contributed by atoms with Gasteiger partial charge in [0.1, 0.15) is 0 Å². The standard InChI is InChI=1S/C11H16FN3O2/c12-9-7-15(11(17)14-10(9)16)6-4-8-3-1-2-5-13-8/h7-8,13H,1-6H2,(H,14,16,17). The summed E-state index contributed by atoms with van der Waals surface area (Å²) in [5.41, 5.74) is -1.51. The molecular formula is C11H16FN3O2. The van der Waals surface area contributed by atoms with Crippen molar-refractivity contribution in [3.63, 3.8) is 0 Å². The molecule has 0 aromatic carbocycles. The van der Waals surface area contributed by atoms with Crippen molar-refractivity contribution >= 4 is 0 Å². The second-order valence-electron chi connectivity index (χ2n) is 4.37. The molecule has 0 aliphatic carbocycles. The molecule has 2 heterocycles. The van der Waals surface area contributed by atoms with Crippen molar-refractivity contribution in [2.75, 3.05) is 6.54 Å². The van der Waals surface area contributed by atoms with E-state index in [0.29, 0.717) is 12.6 Å². The first kappa shape index (κ1) is 12.0. The molecule has 1 atom stereocenters. The van der Waals surface area contributed by atoms with Crippen molar-refractivity contribution in [1.29, 1.82) is 0 Å². The fourth-order valence-corrected chi connectivity index (χ4v) is 2.11. The van der Waals surface area contributed by atoms with Crippen molar-refractivity contribution in [2.45, 2.75) is 38.3 Å². The number of aromatic amines is 1. The molecule has 94 valence electrons. The first-order valence-electron chi connectivity index (χ1n) is 5.89. The minimum Gasteiger partial charge on any atom is -0.314 e. The molecule has 6 heteroatoms. The quantitative estimate of drug-likeness (QED) is 0.795. The van der Waals surface area contributed by atoms with Gasteiger partial charge in [-0.2, -0.15) is 4.39 Å². The number of rotatable bonds is 3. The normalized spacial score (nSPS) is 20.4. The highest BCUT2D eigenvalue weighted by Crippen LogP contribution is 2.10. The topological polar surface area (TPSA) is 66.9 Å². The highest BCUT2D eigenvalue weighted by molar-refractivity contribution is 4.87. The minimum absolute atomic E-state index is 0.380. The van der Waals surface area contributed by atoms with Crippen LogP contribution in [0.3, 0.4) is 0 Å². The maximum Gasteiger partial charge on any atom is 0.328 e. The molecule has 0 spiro atoms. The Morgan fingerprint density at radius 3 is 2.94 bits per heavy atom.